The van der Waals surface area contributed by atoms with E-state index in [0.29, 0.717) is 16.3 Å². The third-order valence-electron chi connectivity index (χ3n) is 3.09. The van der Waals surface area contributed by atoms with Crippen LogP contribution in [0.2, 0.25) is 5.02 Å². The number of aromatic nitrogens is 2. The summed E-state index contributed by atoms with van der Waals surface area (Å²) in [5, 5.41) is 7.16. The molecule has 0 saturated carbocycles. The fourth-order valence-electron chi connectivity index (χ4n) is 1.96. The predicted octanol–water partition coefficient (Wildman–Crippen LogP) is 5.14. The average molecular weight is 382 g/mol. The lowest BCUT2D eigenvalue weighted by Gasteiger charge is -2.03. The Morgan fingerprint density at radius 2 is 2.19 bits per heavy atom. The van der Waals surface area contributed by atoms with E-state index in [9.17, 15) is 4.79 Å². The number of hydrogen-bond donors (Lipinski definition) is 0. The van der Waals surface area contributed by atoms with Gasteiger partial charge in [-0.15, -0.1) is 11.3 Å². The van der Waals surface area contributed by atoms with Gasteiger partial charge in [-0.25, -0.2) is 4.68 Å². The molecule has 2 aromatic heterocycles. The van der Waals surface area contributed by atoms with Crippen LogP contribution < -0.4 is 0 Å². The van der Waals surface area contributed by atoms with Crippen molar-refractivity contribution in [3.63, 3.8) is 0 Å². The molecule has 0 N–H and O–H groups in total. The predicted molar refractivity (Wildman–Crippen MR) is 89.7 cm³/mol. The van der Waals surface area contributed by atoms with Gasteiger partial charge in [0.1, 0.15) is 5.69 Å². The van der Waals surface area contributed by atoms with Crippen LogP contribution in [0.25, 0.3) is 16.3 Å². The molecule has 0 aliphatic carbocycles. The van der Waals surface area contributed by atoms with Crippen LogP contribution in [0, 0.1) is 6.92 Å². The Balaban J connectivity index is 2.10. The van der Waals surface area contributed by atoms with Crippen molar-refractivity contribution in [3.05, 3.63) is 56.5 Å². The van der Waals surface area contributed by atoms with Crippen molar-refractivity contribution in [2.45, 2.75) is 6.92 Å². The third kappa shape index (κ3) is 2.81. The van der Waals surface area contributed by atoms with Gasteiger partial charge < -0.3 is 0 Å². The van der Waals surface area contributed by atoms with E-state index in [1.807, 2.05) is 36.6 Å². The maximum Gasteiger partial charge on any atom is 0.153 e. The quantitative estimate of drug-likeness (QED) is 0.589. The number of aryl methyl sites for hydroxylation is 1. The minimum Gasteiger partial charge on any atom is -0.298 e. The summed E-state index contributed by atoms with van der Waals surface area (Å²) in [7, 11) is 0. The van der Waals surface area contributed by atoms with Gasteiger partial charge in [0.05, 0.1) is 16.1 Å². The van der Waals surface area contributed by atoms with Crippen molar-refractivity contribution < 1.29 is 4.79 Å². The van der Waals surface area contributed by atoms with Crippen molar-refractivity contribution in [2.24, 2.45) is 0 Å². The lowest BCUT2D eigenvalue weighted by atomic mass is 10.2. The third-order valence-corrected chi connectivity index (χ3v) is 5.20. The lowest BCUT2D eigenvalue weighted by Crippen LogP contribution is -1.95. The molecule has 0 spiro atoms. The highest BCUT2D eigenvalue weighted by Crippen LogP contribution is 2.31. The number of benzene rings is 1. The smallest absolute Gasteiger partial charge is 0.153 e. The van der Waals surface area contributed by atoms with Crippen LogP contribution in [-0.2, 0) is 0 Å². The van der Waals surface area contributed by atoms with Gasteiger partial charge in [-0.3, -0.25) is 4.79 Å². The fraction of sp³-hybridized carbons (Fsp3) is 0.0667. The van der Waals surface area contributed by atoms with Gasteiger partial charge in [-0.1, -0.05) is 17.7 Å². The summed E-state index contributed by atoms with van der Waals surface area (Å²) in [6.07, 6.45) is 2.54. The molecule has 0 bridgehead atoms. The SMILES string of the molecule is Cc1ccc(-n2cc(C=O)c(-c3cc(Br)cs3)n2)cc1Cl. The molecular weight excluding hydrogens is 372 g/mol. The Hall–Kier alpha value is -1.43. The van der Waals surface area contributed by atoms with E-state index >= 15 is 0 Å². The number of nitrogens with zero attached hydrogens (tertiary/aromatic N) is 2. The van der Waals surface area contributed by atoms with E-state index < -0.39 is 0 Å². The largest absolute Gasteiger partial charge is 0.298 e. The molecule has 0 radical (unpaired) electrons. The number of aldehydes is 1. The van der Waals surface area contributed by atoms with E-state index in [1.54, 1.807) is 10.9 Å². The van der Waals surface area contributed by atoms with Gasteiger partial charge in [-0.2, -0.15) is 5.10 Å². The van der Waals surface area contributed by atoms with E-state index in [0.717, 1.165) is 26.9 Å². The highest BCUT2D eigenvalue weighted by atomic mass is 79.9. The average Bonchev–Trinajstić information content (AvgIpc) is 3.07. The van der Waals surface area contributed by atoms with Crippen LogP contribution in [-0.4, -0.2) is 16.1 Å². The molecule has 1 aromatic carbocycles. The molecular formula is C15H10BrClN2OS. The number of carbonyl (C=O) groups is 1. The van der Waals surface area contributed by atoms with Crippen molar-refractivity contribution in [1.29, 1.82) is 0 Å². The standard InChI is InChI=1S/C15H10BrClN2OS/c1-9-2-3-12(5-13(9)17)19-6-10(7-20)15(18-19)14-4-11(16)8-21-14/h2-8H,1H3. The molecule has 3 aromatic rings. The van der Waals surface area contributed by atoms with Crippen LogP contribution in [0.1, 0.15) is 15.9 Å². The molecule has 0 unspecified atom stereocenters. The summed E-state index contributed by atoms with van der Waals surface area (Å²) in [5.74, 6) is 0. The van der Waals surface area contributed by atoms with E-state index in [4.69, 9.17) is 11.6 Å². The molecule has 0 amide bonds. The van der Waals surface area contributed by atoms with Crippen LogP contribution in [0.4, 0.5) is 0 Å². The highest BCUT2D eigenvalue weighted by molar-refractivity contribution is 9.10. The molecule has 0 aliphatic heterocycles. The first-order chi connectivity index (χ1) is 10.1. The molecule has 2 heterocycles. The van der Waals surface area contributed by atoms with E-state index in [2.05, 4.69) is 21.0 Å². The summed E-state index contributed by atoms with van der Waals surface area (Å²) in [6.45, 7) is 1.95. The first-order valence-electron chi connectivity index (χ1n) is 6.14. The molecule has 3 rings (SSSR count). The van der Waals surface area contributed by atoms with Gasteiger partial charge in [0.2, 0.25) is 0 Å². The molecule has 0 atom stereocenters. The number of thiophene rings is 1. The number of halogens is 2. The summed E-state index contributed by atoms with van der Waals surface area (Å²) in [5.41, 5.74) is 3.07. The second-order valence-corrected chi connectivity index (χ2v) is 6.79. The Labute approximate surface area is 139 Å². The van der Waals surface area contributed by atoms with Crippen LogP contribution >= 0.6 is 38.9 Å². The Morgan fingerprint density at radius 3 is 2.81 bits per heavy atom. The zero-order chi connectivity index (χ0) is 15.0. The van der Waals surface area contributed by atoms with E-state index in [1.165, 1.54) is 11.3 Å². The van der Waals surface area contributed by atoms with Crippen LogP contribution in [0.15, 0.2) is 40.3 Å². The van der Waals surface area contributed by atoms with Crippen LogP contribution in [0.5, 0.6) is 0 Å². The lowest BCUT2D eigenvalue weighted by molar-refractivity contribution is 0.112. The zero-order valence-corrected chi connectivity index (χ0v) is 14.2. The minimum atomic E-state index is 0.557. The fourth-order valence-corrected chi connectivity index (χ4v) is 3.57. The second-order valence-electron chi connectivity index (χ2n) is 4.56. The van der Waals surface area contributed by atoms with E-state index in [-0.39, 0.29) is 0 Å². The summed E-state index contributed by atoms with van der Waals surface area (Å²) in [4.78, 5) is 12.2. The van der Waals surface area contributed by atoms with Gasteiger partial charge in [0, 0.05) is 21.1 Å². The normalized spacial score (nSPS) is 10.8. The first-order valence-corrected chi connectivity index (χ1v) is 8.19. The van der Waals surface area contributed by atoms with Crippen molar-refractivity contribution >= 4 is 45.2 Å². The maximum absolute atomic E-state index is 11.3. The Kier molecular flexibility index (Phi) is 3.97. The molecule has 0 fully saturated rings. The zero-order valence-electron chi connectivity index (χ0n) is 11.0. The maximum atomic E-state index is 11.3. The summed E-state index contributed by atoms with van der Waals surface area (Å²) in [6, 6.07) is 7.65. The van der Waals surface area contributed by atoms with Crippen molar-refractivity contribution in [3.8, 4) is 16.3 Å². The van der Waals surface area contributed by atoms with Crippen molar-refractivity contribution in [2.75, 3.05) is 0 Å². The van der Waals surface area contributed by atoms with Gasteiger partial charge >= 0.3 is 0 Å². The van der Waals surface area contributed by atoms with Gasteiger partial charge in [0.25, 0.3) is 0 Å². The molecule has 21 heavy (non-hydrogen) atoms. The van der Waals surface area contributed by atoms with Crippen molar-refractivity contribution in [1.82, 2.24) is 9.78 Å². The minimum absolute atomic E-state index is 0.557. The molecule has 6 heteroatoms. The van der Waals surface area contributed by atoms with Gasteiger partial charge in [0.15, 0.2) is 6.29 Å². The Bertz CT molecular complexity index is 825. The number of rotatable bonds is 3. The number of hydrogen-bond acceptors (Lipinski definition) is 3. The second kappa shape index (κ2) is 5.75. The summed E-state index contributed by atoms with van der Waals surface area (Å²) < 4.78 is 2.66. The Morgan fingerprint density at radius 1 is 1.38 bits per heavy atom. The summed E-state index contributed by atoms with van der Waals surface area (Å²) >= 11 is 11.1. The topological polar surface area (TPSA) is 34.9 Å². The highest BCUT2D eigenvalue weighted by Gasteiger charge is 2.13. The molecule has 0 aliphatic rings. The van der Waals surface area contributed by atoms with Gasteiger partial charge in [-0.05, 0) is 46.6 Å². The number of carbonyl (C=O) groups excluding carboxylic acids is 1. The monoisotopic (exact) mass is 380 g/mol. The molecule has 3 nitrogen and oxygen atoms in total. The first kappa shape index (κ1) is 14.5. The van der Waals surface area contributed by atoms with Crippen LogP contribution in [0.3, 0.4) is 0 Å². The molecule has 0 saturated heterocycles. The molecule has 106 valence electrons.